The number of Topliss-reactive ketones (excluding diaryl/α,β-unsaturated/α-hetero) is 2. The van der Waals surface area contributed by atoms with Crippen molar-refractivity contribution < 1.29 is 14.3 Å². The highest BCUT2D eigenvalue weighted by molar-refractivity contribution is 9.10. The van der Waals surface area contributed by atoms with E-state index in [-0.39, 0.29) is 28.3 Å². The highest BCUT2D eigenvalue weighted by atomic mass is 79.9. The van der Waals surface area contributed by atoms with Gasteiger partial charge in [-0.25, -0.2) is 0 Å². The van der Waals surface area contributed by atoms with Gasteiger partial charge in [0.1, 0.15) is 12.4 Å². The fourth-order valence-corrected chi connectivity index (χ4v) is 7.40. The van der Waals surface area contributed by atoms with Gasteiger partial charge in [0.15, 0.2) is 11.6 Å². The molecule has 3 aromatic carbocycles. The molecule has 0 amide bonds. The molecular formula is C37H38BrNO3. The number of benzene rings is 3. The third-order valence-corrected chi connectivity index (χ3v) is 9.35. The predicted molar refractivity (Wildman–Crippen MR) is 170 cm³/mol. The summed E-state index contributed by atoms with van der Waals surface area (Å²) >= 11 is 3.75. The molecule has 0 aromatic heterocycles. The van der Waals surface area contributed by atoms with E-state index in [1.165, 1.54) is 5.56 Å². The molecule has 42 heavy (non-hydrogen) atoms. The van der Waals surface area contributed by atoms with Gasteiger partial charge in [0.05, 0.1) is 4.47 Å². The normalized spacial score (nSPS) is 20.0. The molecule has 1 heterocycles. The van der Waals surface area contributed by atoms with Crippen LogP contribution in [0.15, 0.2) is 106 Å². The standard InChI is InChI=1S/C37H38BrNO3/c1-36(2)18-28-34(30(40)20-36)33(26-15-16-32(27(38)17-26)42-23-25-13-9-6-10-14-25)35-29(19-37(3,4)21-31(35)41)39(28)22-24-11-7-5-8-12-24/h5-17,33H,18-23H2,1-4H3. The lowest BCUT2D eigenvalue weighted by molar-refractivity contribution is -0.119. The van der Waals surface area contributed by atoms with Crippen LogP contribution in [0.3, 0.4) is 0 Å². The van der Waals surface area contributed by atoms with Crippen molar-refractivity contribution in [2.75, 3.05) is 0 Å². The Morgan fingerprint density at radius 3 is 1.79 bits per heavy atom. The minimum Gasteiger partial charge on any atom is -0.488 e. The van der Waals surface area contributed by atoms with E-state index in [0.717, 1.165) is 56.7 Å². The number of ether oxygens (including phenoxy) is 1. The molecule has 0 unspecified atom stereocenters. The molecule has 3 aromatic rings. The van der Waals surface area contributed by atoms with E-state index in [1.54, 1.807) is 0 Å². The quantitative estimate of drug-likeness (QED) is 0.275. The minimum absolute atomic E-state index is 0.147. The van der Waals surface area contributed by atoms with Crippen LogP contribution in [0.4, 0.5) is 0 Å². The Kier molecular flexibility index (Phi) is 7.51. The molecule has 2 aliphatic carbocycles. The maximum absolute atomic E-state index is 14.1. The van der Waals surface area contributed by atoms with Gasteiger partial charge in [0.2, 0.25) is 0 Å². The first-order valence-corrected chi connectivity index (χ1v) is 15.6. The molecule has 0 bridgehead atoms. The largest absolute Gasteiger partial charge is 0.488 e. The summed E-state index contributed by atoms with van der Waals surface area (Å²) in [5.41, 5.74) is 6.65. The van der Waals surface area contributed by atoms with Gasteiger partial charge in [0, 0.05) is 47.8 Å². The van der Waals surface area contributed by atoms with Gasteiger partial charge in [-0.05, 0) is 68.4 Å². The summed E-state index contributed by atoms with van der Waals surface area (Å²) in [7, 11) is 0. The second-order valence-electron chi connectivity index (χ2n) is 13.6. The number of rotatable bonds is 6. The fourth-order valence-electron chi connectivity index (χ4n) is 6.89. The van der Waals surface area contributed by atoms with Gasteiger partial charge in [-0.3, -0.25) is 9.59 Å². The molecule has 0 atom stereocenters. The number of nitrogens with zero attached hydrogens (tertiary/aromatic N) is 1. The molecular weight excluding hydrogens is 586 g/mol. The average Bonchev–Trinajstić information content (AvgIpc) is 2.93. The molecule has 0 N–H and O–H groups in total. The zero-order chi connectivity index (χ0) is 29.6. The van der Waals surface area contributed by atoms with Gasteiger partial charge in [0.25, 0.3) is 0 Å². The van der Waals surface area contributed by atoms with Crippen LogP contribution in [0, 0.1) is 10.8 Å². The Labute approximate surface area is 257 Å². The molecule has 0 saturated carbocycles. The molecule has 4 nitrogen and oxygen atoms in total. The molecule has 3 aliphatic rings. The second-order valence-corrected chi connectivity index (χ2v) is 14.4. The number of hydrogen-bond acceptors (Lipinski definition) is 4. The molecule has 0 radical (unpaired) electrons. The van der Waals surface area contributed by atoms with Crippen LogP contribution in [-0.2, 0) is 22.7 Å². The summed E-state index contributed by atoms with van der Waals surface area (Å²) in [6, 6.07) is 26.5. The zero-order valence-corrected chi connectivity index (χ0v) is 26.5. The third-order valence-electron chi connectivity index (χ3n) is 8.73. The van der Waals surface area contributed by atoms with Crippen molar-refractivity contribution in [1.82, 2.24) is 4.90 Å². The summed E-state index contributed by atoms with van der Waals surface area (Å²) < 4.78 is 6.96. The highest BCUT2D eigenvalue weighted by Gasteiger charge is 2.49. The van der Waals surface area contributed by atoms with Crippen LogP contribution >= 0.6 is 15.9 Å². The summed E-state index contributed by atoms with van der Waals surface area (Å²) in [5, 5.41) is 0. The van der Waals surface area contributed by atoms with Crippen molar-refractivity contribution in [3.05, 3.63) is 123 Å². The Morgan fingerprint density at radius 1 is 0.738 bits per heavy atom. The van der Waals surface area contributed by atoms with Gasteiger partial charge in [-0.15, -0.1) is 0 Å². The van der Waals surface area contributed by atoms with Crippen LogP contribution in [0.25, 0.3) is 0 Å². The van der Waals surface area contributed by atoms with Gasteiger partial charge >= 0.3 is 0 Å². The van der Waals surface area contributed by atoms with Crippen LogP contribution in [0.2, 0.25) is 0 Å². The first-order valence-electron chi connectivity index (χ1n) is 14.8. The smallest absolute Gasteiger partial charge is 0.162 e. The molecule has 0 fully saturated rings. The van der Waals surface area contributed by atoms with E-state index in [2.05, 4.69) is 72.8 Å². The van der Waals surface area contributed by atoms with Crippen molar-refractivity contribution in [3.63, 3.8) is 0 Å². The SMILES string of the molecule is CC1(C)CC(=O)C2=C(C1)N(Cc1ccccc1)C1=C(C(=O)CC(C)(C)C1)C2c1ccc(OCc2ccccc2)c(Br)c1. The van der Waals surface area contributed by atoms with Crippen molar-refractivity contribution in [2.45, 2.75) is 72.4 Å². The Balaban J connectivity index is 1.47. The Morgan fingerprint density at radius 2 is 1.26 bits per heavy atom. The molecule has 1 aliphatic heterocycles. The second kappa shape index (κ2) is 11.0. The van der Waals surface area contributed by atoms with Crippen LogP contribution in [0.5, 0.6) is 5.75 Å². The maximum atomic E-state index is 14.1. The van der Waals surface area contributed by atoms with E-state index in [1.807, 2.05) is 54.6 Å². The molecule has 0 spiro atoms. The molecule has 5 heteroatoms. The van der Waals surface area contributed by atoms with E-state index in [0.29, 0.717) is 26.0 Å². The molecule has 216 valence electrons. The van der Waals surface area contributed by atoms with E-state index in [9.17, 15) is 9.59 Å². The Hall–Kier alpha value is -3.44. The lowest BCUT2D eigenvalue weighted by Gasteiger charge is -2.49. The van der Waals surface area contributed by atoms with Crippen molar-refractivity contribution in [2.24, 2.45) is 10.8 Å². The lowest BCUT2D eigenvalue weighted by Crippen LogP contribution is -2.44. The summed E-state index contributed by atoms with van der Waals surface area (Å²) in [6.45, 7) is 9.83. The number of carbonyl (C=O) groups is 2. The highest BCUT2D eigenvalue weighted by Crippen LogP contribution is 2.55. The third kappa shape index (κ3) is 5.64. The topological polar surface area (TPSA) is 46.6 Å². The Bertz CT molecular complexity index is 1550. The van der Waals surface area contributed by atoms with Gasteiger partial charge < -0.3 is 9.64 Å². The van der Waals surface area contributed by atoms with E-state index >= 15 is 0 Å². The fraction of sp³-hybridized carbons (Fsp3) is 0.351. The van der Waals surface area contributed by atoms with Gasteiger partial charge in [-0.2, -0.15) is 0 Å². The summed E-state index contributed by atoms with van der Waals surface area (Å²) in [5.74, 6) is 0.650. The number of hydrogen-bond donors (Lipinski definition) is 0. The number of halogens is 1. The number of ketones is 2. The van der Waals surface area contributed by atoms with Crippen LogP contribution < -0.4 is 4.74 Å². The van der Waals surface area contributed by atoms with E-state index in [4.69, 9.17) is 4.74 Å². The minimum atomic E-state index is -0.381. The predicted octanol–water partition coefficient (Wildman–Crippen LogP) is 8.91. The first kappa shape index (κ1) is 28.7. The monoisotopic (exact) mass is 623 g/mol. The number of carbonyl (C=O) groups excluding carboxylic acids is 2. The van der Waals surface area contributed by atoms with Crippen molar-refractivity contribution in [3.8, 4) is 5.75 Å². The summed E-state index contributed by atoms with van der Waals surface area (Å²) in [4.78, 5) is 30.5. The zero-order valence-electron chi connectivity index (χ0n) is 24.9. The molecule has 6 rings (SSSR count). The molecule has 0 saturated heterocycles. The van der Waals surface area contributed by atoms with Crippen molar-refractivity contribution in [1.29, 1.82) is 0 Å². The first-order chi connectivity index (χ1) is 20.0. The average molecular weight is 625 g/mol. The summed E-state index contributed by atoms with van der Waals surface area (Å²) in [6.07, 6.45) is 2.54. The number of allylic oxidation sites excluding steroid dienone is 4. The van der Waals surface area contributed by atoms with Crippen LogP contribution in [0.1, 0.15) is 76.0 Å². The lowest BCUT2D eigenvalue weighted by atomic mass is 9.63. The van der Waals surface area contributed by atoms with Gasteiger partial charge in [-0.1, -0.05) is 94.4 Å². The van der Waals surface area contributed by atoms with Crippen LogP contribution in [-0.4, -0.2) is 16.5 Å². The maximum Gasteiger partial charge on any atom is 0.162 e. The van der Waals surface area contributed by atoms with Crippen molar-refractivity contribution >= 4 is 27.5 Å². The van der Waals surface area contributed by atoms with E-state index < -0.39 is 0 Å².